The van der Waals surface area contributed by atoms with Crippen molar-refractivity contribution in [3.63, 3.8) is 0 Å². The third-order valence-corrected chi connectivity index (χ3v) is 3.96. The van der Waals surface area contributed by atoms with Crippen molar-refractivity contribution in [2.24, 2.45) is 0 Å². The van der Waals surface area contributed by atoms with Crippen LogP contribution in [0.1, 0.15) is 47.0 Å². The SMILES string of the molecule is C=Cc1cccc(C(Cl)c2ccc(C)cc2)c1C=C(C)C. The molecule has 108 valence electrons. The van der Waals surface area contributed by atoms with Gasteiger partial charge in [-0.3, -0.25) is 0 Å². The summed E-state index contributed by atoms with van der Waals surface area (Å²) in [5, 5.41) is -0.156. The first kappa shape index (κ1) is 15.6. The van der Waals surface area contributed by atoms with Gasteiger partial charge in [-0.25, -0.2) is 0 Å². The van der Waals surface area contributed by atoms with Gasteiger partial charge in [-0.2, -0.15) is 0 Å². The fourth-order valence-electron chi connectivity index (χ4n) is 2.37. The van der Waals surface area contributed by atoms with Gasteiger partial charge in [0.05, 0.1) is 5.38 Å². The van der Waals surface area contributed by atoms with Gasteiger partial charge in [0.15, 0.2) is 0 Å². The molecule has 0 amide bonds. The molecule has 0 aliphatic rings. The molecule has 0 aliphatic carbocycles. The van der Waals surface area contributed by atoms with Crippen molar-refractivity contribution in [2.75, 3.05) is 0 Å². The molecule has 0 aromatic heterocycles. The van der Waals surface area contributed by atoms with Crippen molar-refractivity contribution >= 4 is 23.8 Å². The summed E-state index contributed by atoms with van der Waals surface area (Å²) in [4.78, 5) is 0. The lowest BCUT2D eigenvalue weighted by Crippen LogP contribution is -1.98. The molecule has 0 saturated carbocycles. The second-order valence-corrected chi connectivity index (χ2v) is 5.99. The number of allylic oxidation sites excluding steroid dienone is 1. The minimum Gasteiger partial charge on any atom is -0.113 e. The maximum absolute atomic E-state index is 6.74. The number of aryl methyl sites for hydroxylation is 1. The molecule has 0 radical (unpaired) electrons. The van der Waals surface area contributed by atoms with E-state index in [-0.39, 0.29) is 5.38 Å². The Morgan fingerprint density at radius 3 is 2.33 bits per heavy atom. The van der Waals surface area contributed by atoms with Crippen LogP contribution in [0.4, 0.5) is 0 Å². The maximum atomic E-state index is 6.74. The summed E-state index contributed by atoms with van der Waals surface area (Å²) in [5.74, 6) is 0. The van der Waals surface area contributed by atoms with E-state index in [9.17, 15) is 0 Å². The Morgan fingerprint density at radius 1 is 1.10 bits per heavy atom. The third-order valence-electron chi connectivity index (χ3n) is 3.47. The van der Waals surface area contributed by atoms with Crippen molar-refractivity contribution in [1.29, 1.82) is 0 Å². The van der Waals surface area contributed by atoms with Crippen LogP contribution in [0, 0.1) is 6.92 Å². The number of alkyl halides is 1. The first-order valence-electron chi connectivity index (χ1n) is 7.14. The lowest BCUT2D eigenvalue weighted by Gasteiger charge is -2.16. The summed E-state index contributed by atoms with van der Waals surface area (Å²) in [7, 11) is 0. The van der Waals surface area contributed by atoms with Gasteiger partial charge in [0.1, 0.15) is 0 Å². The first-order chi connectivity index (χ1) is 10.0. The number of hydrogen-bond donors (Lipinski definition) is 0. The van der Waals surface area contributed by atoms with Crippen LogP contribution in [0.2, 0.25) is 0 Å². The van der Waals surface area contributed by atoms with Crippen molar-refractivity contribution in [3.8, 4) is 0 Å². The summed E-state index contributed by atoms with van der Waals surface area (Å²) in [6.45, 7) is 10.2. The molecular weight excluding hydrogens is 276 g/mol. The standard InChI is InChI=1S/C20H21Cl/c1-5-16-7-6-8-18(19(16)13-14(2)3)20(21)17-11-9-15(4)10-12-17/h5-13,20H,1H2,2-4H3. The highest BCUT2D eigenvalue weighted by Crippen LogP contribution is 2.34. The molecule has 0 heterocycles. The normalized spacial score (nSPS) is 11.8. The second kappa shape index (κ2) is 6.78. The van der Waals surface area contributed by atoms with E-state index in [0.717, 1.165) is 22.3 Å². The predicted octanol–water partition coefficient (Wildman–Crippen LogP) is 6.39. The topological polar surface area (TPSA) is 0 Å². The average Bonchev–Trinajstić information content (AvgIpc) is 2.47. The van der Waals surface area contributed by atoms with E-state index in [0.29, 0.717) is 0 Å². The molecule has 0 bridgehead atoms. The zero-order chi connectivity index (χ0) is 15.4. The molecule has 1 heteroatoms. The maximum Gasteiger partial charge on any atom is 0.0841 e. The third kappa shape index (κ3) is 3.65. The van der Waals surface area contributed by atoms with E-state index in [2.05, 4.69) is 69.8 Å². The Kier molecular flexibility index (Phi) is 5.03. The molecule has 0 saturated heterocycles. The van der Waals surface area contributed by atoms with E-state index < -0.39 is 0 Å². The summed E-state index contributed by atoms with van der Waals surface area (Å²) < 4.78 is 0. The molecule has 21 heavy (non-hydrogen) atoms. The van der Waals surface area contributed by atoms with E-state index in [1.807, 2.05) is 12.1 Å². The highest BCUT2D eigenvalue weighted by atomic mass is 35.5. The Labute approximate surface area is 132 Å². The Hall–Kier alpha value is -1.79. The number of hydrogen-bond acceptors (Lipinski definition) is 0. The molecule has 1 atom stereocenters. The van der Waals surface area contributed by atoms with Crippen molar-refractivity contribution in [2.45, 2.75) is 26.1 Å². The second-order valence-electron chi connectivity index (χ2n) is 5.55. The highest BCUT2D eigenvalue weighted by Gasteiger charge is 2.15. The Balaban J connectivity index is 2.54. The minimum absolute atomic E-state index is 0.156. The van der Waals surface area contributed by atoms with Crippen LogP contribution in [-0.4, -0.2) is 0 Å². The molecule has 0 N–H and O–H groups in total. The fraction of sp³-hybridized carbons (Fsp3) is 0.200. The fourth-order valence-corrected chi connectivity index (χ4v) is 2.71. The smallest absolute Gasteiger partial charge is 0.0841 e. The van der Waals surface area contributed by atoms with Crippen LogP contribution in [0.15, 0.2) is 54.6 Å². The van der Waals surface area contributed by atoms with Crippen molar-refractivity contribution < 1.29 is 0 Å². The number of rotatable bonds is 4. The van der Waals surface area contributed by atoms with Gasteiger partial charge >= 0.3 is 0 Å². The average molecular weight is 297 g/mol. The van der Waals surface area contributed by atoms with Gasteiger partial charge in [0.25, 0.3) is 0 Å². The molecule has 0 nitrogen and oxygen atoms in total. The van der Waals surface area contributed by atoms with Gasteiger partial charge in [-0.15, -0.1) is 11.6 Å². The quantitative estimate of drug-likeness (QED) is 0.573. The largest absolute Gasteiger partial charge is 0.113 e. The van der Waals surface area contributed by atoms with E-state index in [1.165, 1.54) is 11.1 Å². The Bertz CT molecular complexity index is 659. The zero-order valence-electron chi connectivity index (χ0n) is 12.9. The van der Waals surface area contributed by atoms with Crippen LogP contribution < -0.4 is 0 Å². The van der Waals surface area contributed by atoms with Gasteiger partial charge in [-0.05, 0) is 43.0 Å². The van der Waals surface area contributed by atoms with Crippen LogP contribution in [-0.2, 0) is 0 Å². The lowest BCUT2D eigenvalue weighted by molar-refractivity contribution is 1.13. The number of benzene rings is 2. The van der Waals surface area contributed by atoms with Crippen molar-refractivity contribution in [3.05, 3.63) is 82.4 Å². The molecule has 2 aromatic carbocycles. The predicted molar refractivity (Wildman–Crippen MR) is 94.7 cm³/mol. The highest BCUT2D eigenvalue weighted by molar-refractivity contribution is 6.22. The van der Waals surface area contributed by atoms with Gasteiger partial charge in [-0.1, -0.05) is 72.3 Å². The van der Waals surface area contributed by atoms with E-state index >= 15 is 0 Å². The minimum atomic E-state index is -0.156. The first-order valence-corrected chi connectivity index (χ1v) is 7.57. The van der Waals surface area contributed by atoms with Gasteiger partial charge in [0, 0.05) is 0 Å². The zero-order valence-corrected chi connectivity index (χ0v) is 13.6. The lowest BCUT2D eigenvalue weighted by atomic mass is 9.93. The monoisotopic (exact) mass is 296 g/mol. The molecule has 0 fully saturated rings. The number of halogens is 1. The summed E-state index contributed by atoms with van der Waals surface area (Å²) in [6, 6.07) is 14.6. The summed E-state index contributed by atoms with van der Waals surface area (Å²) >= 11 is 6.74. The molecule has 0 spiro atoms. The van der Waals surface area contributed by atoms with Crippen LogP contribution >= 0.6 is 11.6 Å². The Morgan fingerprint density at radius 2 is 1.76 bits per heavy atom. The van der Waals surface area contributed by atoms with E-state index in [4.69, 9.17) is 11.6 Å². The van der Waals surface area contributed by atoms with Crippen LogP contribution in [0.5, 0.6) is 0 Å². The molecular formula is C20H21Cl. The summed E-state index contributed by atoms with van der Waals surface area (Å²) in [5.41, 5.74) is 7.01. The molecule has 2 aromatic rings. The van der Waals surface area contributed by atoms with E-state index in [1.54, 1.807) is 0 Å². The van der Waals surface area contributed by atoms with Gasteiger partial charge in [0.2, 0.25) is 0 Å². The molecule has 1 unspecified atom stereocenters. The molecule has 0 aliphatic heterocycles. The van der Waals surface area contributed by atoms with Crippen LogP contribution in [0.3, 0.4) is 0 Å². The molecule has 2 rings (SSSR count). The van der Waals surface area contributed by atoms with Crippen LogP contribution in [0.25, 0.3) is 12.2 Å². The van der Waals surface area contributed by atoms with Crippen molar-refractivity contribution in [1.82, 2.24) is 0 Å². The van der Waals surface area contributed by atoms with Gasteiger partial charge < -0.3 is 0 Å². The summed E-state index contributed by atoms with van der Waals surface area (Å²) in [6.07, 6.45) is 4.06.